The van der Waals surface area contributed by atoms with Crippen molar-refractivity contribution in [1.29, 1.82) is 5.26 Å². The van der Waals surface area contributed by atoms with E-state index in [1.165, 1.54) is 84.7 Å². The van der Waals surface area contributed by atoms with E-state index in [2.05, 4.69) is 142 Å². The van der Waals surface area contributed by atoms with E-state index in [9.17, 15) is 33.3 Å². The third kappa shape index (κ3) is 18.0. The highest BCUT2D eigenvalue weighted by molar-refractivity contribution is 8.00. The van der Waals surface area contributed by atoms with Crippen LogP contribution in [0.3, 0.4) is 0 Å². The van der Waals surface area contributed by atoms with E-state index >= 15 is 0 Å². The van der Waals surface area contributed by atoms with Crippen LogP contribution in [0.5, 0.6) is 0 Å². The number of nitro benzene ring substituents is 1. The van der Waals surface area contributed by atoms with Gasteiger partial charge in [0.15, 0.2) is 30.6 Å². The Morgan fingerprint density at radius 2 is 1.38 bits per heavy atom. The molecule has 514 valence electrons. The molecule has 12 rings (SSSR count). The van der Waals surface area contributed by atoms with Gasteiger partial charge in [-0.25, -0.2) is 23.1 Å². The molecule has 101 heavy (non-hydrogen) atoms. The number of nitriles is 1. The van der Waals surface area contributed by atoms with Crippen LogP contribution in [0.1, 0.15) is 120 Å². The van der Waals surface area contributed by atoms with Crippen molar-refractivity contribution in [3.63, 3.8) is 0 Å². The number of nitrogens with zero attached hydrogens (tertiary/aromatic N) is 7. The number of thiophene rings is 2. The van der Waals surface area contributed by atoms with Gasteiger partial charge in [-0.3, -0.25) is 14.9 Å². The van der Waals surface area contributed by atoms with Crippen molar-refractivity contribution < 1.29 is 60.4 Å². The molecule has 0 atom stereocenters. The van der Waals surface area contributed by atoms with Crippen LogP contribution in [0.15, 0.2) is 170 Å². The molecule has 0 radical (unpaired) electrons. The fraction of sp³-hybridized carbons (Fsp3) is 0.232. The number of carbonyl (C=O) groups is 3. The lowest BCUT2D eigenvalue weighted by atomic mass is 9.92. The van der Waals surface area contributed by atoms with E-state index in [0.29, 0.717) is 44.3 Å². The number of Topliss-reactive ketones (excluding diaryl/α,β-unsaturated/α-hetero) is 1. The largest absolute Gasteiger partial charge is 0.462 e. The van der Waals surface area contributed by atoms with Crippen LogP contribution >= 0.6 is 34.4 Å². The average Bonchev–Trinajstić information content (AvgIpc) is 1.77. The highest BCUT2D eigenvalue weighted by Crippen LogP contribution is 2.39. The Labute approximate surface area is 601 Å². The van der Waals surface area contributed by atoms with Crippen molar-refractivity contribution in [2.24, 2.45) is 35.2 Å². The third-order valence-corrected chi connectivity index (χ3v) is 20.3. The van der Waals surface area contributed by atoms with Crippen LogP contribution in [0, 0.1) is 87.1 Å². The number of pyridine rings is 5. The second-order valence-electron chi connectivity index (χ2n) is 25.2. The Bertz CT molecular complexity index is 5150. The first kappa shape index (κ1) is 76.1. The second kappa shape index (κ2) is 33.0. The molecule has 8 heterocycles. The van der Waals surface area contributed by atoms with Gasteiger partial charge in [0.25, 0.3) is 5.69 Å². The predicted octanol–water partition coefficient (Wildman–Crippen LogP) is 16.6. The molecule has 0 saturated carbocycles. The van der Waals surface area contributed by atoms with E-state index in [4.69, 9.17) is 21.2 Å². The van der Waals surface area contributed by atoms with Crippen LogP contribution < -0.4 is 22.8 Å². The SMILES string of the molecule is C#Cc1ccc(-c2ccc(SC(C)(C)C)cc2C)[n+](C)c1.C=Cc1cc(C)c(-c2cc(C(C)=O)cc[n+]2C)cc1[N+](=O)[O-].CCOC(=O)c1cc(C)c(-c2cc(F)cc(F)[n+]2C)s1.Cc1c(-c2ccc(C#N)c[n+]2C)cc2c(c1C)COC2=O.Cc1sc2ccccc2c1-c1cccc[n+]1C. The molecule has 1 aliphatic rings. The van der Waals surface area contributed by atoms with Crippen molar-refractivity contribution in [2.75, 3.05) is 6.61 Å². The summed E-state index contributed by atoms with van der Waals surface area (Å²) in [6, 6.07) is 43.9. The van der Waals surface area contributed by atoms with Crippen LogP contribution in [-0.2, 0) is 51.3 Å². The number of thioether (sulfide) groups is 1. The third-order valence-electron chi connectivity index (χ3n) is 16.9. The molecular formula is C82H82F2N7O7S3+5. The summed E-state index contributed by atoms with van der Waals surface area (Å²) < 4.78 is 47.9. The van der Waals surface area contributed by atoms with Gasteiger partial charge in [-0.15, -0.1) is 45.2 Å². The number of ether oxygens (including phenoxy) is 2. The van der Waals surface area contributed by atoms with Gasteiger partial charge in [-0.1, -0.05) is 57.5 Å². The normalized spacial score (nSPS) is 11.2. The molecule has 11 aromatic rings. The lowest BCUT2D eigenvalue weighted by molar-refractivity contribution is -0.689. The van der Waals surface area contributed by atoms with Gasteiger partial charge >= 0.3 is 17.9 Å². The topological polar surface area (TPSA) is 156 Å². The molecule has 0 spiro atoms. The summed E-state index contributed by atoms with van der Waals surface area (Å²) >= 11 is 4.93. The lowest BCUT2D eigenvalue weighted by Crippen LogP contribution is -2.35. The molecule has 0 fully saturated rings. The van der Waals surface area contributed by atoms with E-state index < -0.39 is 22.7 Å². The summed E-state index contributed by atoms with van der Waals surface area (Å²) in [4.78, 5) is 49.7. The van der Waals surface area contributed by atoms with Gasteiger partial charge in [0.2, 0.25) is 28.5 Å². The first-order valence-electron chi connectivity index (χ1n) is 32.3. The van der Waals surface area contributed by atoms with Gasteiger partial charge in [0.05, 0.1) is 51.0 Å². The average molecular weight is 1410 g/mol. The number of esters is 2. The highest BCUT2D eigenvalue weighted by Gasteiger charge is 2.29. The summed E-state index contributed by atoms with van der Waals surface area (Å²) in [5.41, 5.74) is 18.3. The number of nitro groups is 1. The predicted molar refractivity (Wildman–Crippen MR) is 397 cm³/mol. The number of ketones is 1. The lowest BCUT2D eigenvalue weighted by Gasteiger charge is -2.18. The molecule has 7 aromatic heterocycles. The number of halogens is 2. The minimum Gasteiger partial charge on any atom is -0.462 e. The maximum absolute atomic E-state index is 13.6. The summed E-state index contributed by atoms with van der Waals surface area (Å²) in [6.07, 6.45) is 14.6. The molecule has 0 aliphatic carbocycles. The molecular weight excluding hydrogens is 1330 g/mol. The minimum atomic E-state index is -0.675. The number of aromatic nitrogens is 5. The Morgan fingerprint density at radius 3 is 2.00 bits per heavy atom. The summed E-state index contributed by atoms with van der Waals surface area (Å²) in [6.45, 7) is 26.3. The number of hydrogen-bond acceptors (Lipinski definition) is 11. The number of benzene rings is 4. The van der Waals surface area contributed by atoms with Gasteiger partial charge in [0, 0.05) is 89.8 Å². The number of fused-ring (bicyclic) bond motifs is 2. The standard InChI is InChI=1S/C19H22NS.C17H17N2O3.C17H15N2O2.C15H14NS.C14H14F2NO2S/c1-7-15-8-11-18(20(6)13-15)17-10-9-16(12-14(17)2)21-19(3,4)5;1-5-13-8-11(2)15(10-16(13)19(21)22)17-9-14(12(3)20)6-7-18(17)4;1-10-11(2)15-9-21-17(20)14(15)6-13(10)16-5-4-12(7-18)8-19(16)3;1-11-15(13-8-5-6-10-16(13)2)12-7-3-4-9-14(12)17-11;1-4-19-14(18)11-5-8(2)13(20-11)10-6-9(15)7-12(16)17(10)3/h1,8-13H,2-6H3;5-10H,1H2,2-4H3;4-6,8H,9H2,1-3H3;3-10H,1-2H3;5-7H,4H2,1-3H3/q5*+1. The van der Waals surface area contributed by atoms with E-state index in [0.717, 1.165) is 73.3 Å². The van der Waals surface area contributed by atoms with Gasteiger partial charge in [-0.05, 0) is 144 Å². The van der Waals surface area contributed by atoms with Crippen molar-refractivity contribution in [1.82, 2.24) is 0 Å². The number of cyclic esters (lactones) is 1. The molecule has 0 bridgehead atoms. The zero-order valence-corrected chi connectivity index (χ0v) is 62.2. The van der Waals surface area contributed by atoms with Crippen LogP contribution in [-0.4, -0.2) is 34.0 Å². The number of terminal acetylenes is 1. The van der Waals surface area contributed by atoms with E-state index in [1.807, 2.05) is 98.5 Å². The van der Waals surface area contributed by atoms with Gasteiger partial charge in [-0.2, -0.15) is 19.0 Å². The second-order valence-corrected chi connectivity index (χ2v) is 29.4. The molecule has 14 nitrogen and oxygen atoms in total. The van der Waals surface area contributed by atoms with Gasteiger partial charge in [0.1, 0.15) is 69.0 Å². The first-order valence-corrected chi connectivity index (χ1v) is 34.8. The first-order chi connectivity index (χ1) is 47.9. The molecule has 0 amide bonds. The van der Waals surface area contributed by atoms with Crippen LogP contribution in [0.25, 0.3) is 71.8 Å². The molecule has 0 saturated heterocycles. The highest BCUT2D eigenvalue weighted by atomic mass is 32.2. The number of carbonyl (C=O) groups excluding carboxylic acids is 3. The minimum absolute atomic E-state index is 0.00354. The van der Waals surface area contributed by atoms with Crippen molar-refractivity contribution >= 4 is 74.0 Å². The number of rotatable bonds is 11. The molecule has 0 unspecified atom stereocenters. The Balaban J connectivity index is 0.000000161. The Kier molecular flexibility index (Phi) is 24.8. The zero-order chi connectivity index (χ0) is 73.9. The number of aryl methyl sites for hydroxylation is 8. The van der Waals surface area contributed by atoms with Crippen LogP contribution in [0.2, 0.25) is 0 Å². The molecule has 4 aromatic carbocycles. The van der Waals surface area contributed by atoms with Crippen molar-refractivity contribution in [2.45, 2.75) is 92.4 Å². The maximum atomic E-state index is 13.6. The monoisotopic (exact) mass is 1410 g/mol. The van der Waals surface area contributed by atoms with E-state index in [1.54, 1.807) is 56.6 Å². The maximum Gasteiger partial charge on any atom is 0.362 e. The molecule has 0 N–H and O–H groups in total. The Morgan fingerprint density at radius 1 is 0.723 bits per heavy atom. The van der Waals surface area contributed by atoms with Crippen LogP contribution in [0.4, 0.5) is 14.5 Å². The smallest absolute Gasteiger partial charge is 0.362 e. The fourth-order valence-corrected chi connectivity index (χ4v) is 14.9. The van der Waals surface area contributed by atoms with Crippen molar-refractivity contribution in [3.05, 3.63) is 258 Å². The Hall–Kier alpha value is -10.7. The van der Waals surface area contributed by atoms with E-state index in [-0.39, 0.29) is 28.8 Å². The fourth-order valence-electron chi connectivity index (χ4n) is 11.6. The summed E-state index contributed by atoms with van der Waals surface area (Å²) in [5.74, 6) is 0.617. The quantitative estimate of drug-likeness (QED) is 0.0180. The summed E-state index contributed by atoms with van der Waals surface area (Å²) in [7, 11) is 9.38. The molecule has 1 aliphatic heterocycles. The van der Waals surface area contributed by atoms with Crippen molar-refractivity contribution in [3.8, 4) is 74.0 Å². The van der Waals surface area contributed by atoms with Gasteiger partial charge < -0.3 is 9.47 Å². The molecule has 19 heteroatoms. The summed E-state index contributed by atoms with van der Waals surface area (Å²) in [5, 5.41) is 21.5. The number of hydrogen-bond donors (Lipinski definition) is 0. The zero-order valence-electron chi connectivity index (χ0n) is 59.8.